The number of rotatable bonds is 6. The van der Waals surface area contributed by atoms with Crippen molar-refractivity contribution in [1.29, 1.82) is 0 Å². The highest BCUT2D eigenvalue weighted by Gasteiger charge is 2.06. The van der Waals surface area contributed by atoms with E-state index in [2.05, 4.69) is 24.3 Å². The predicted molar refractivity (Wildman–Crippen MR) is 84.4 cm³/mol. The number of hydrogen-bond acceptors (Lipinski definition) is 3. The van der Waals surface area contributed by atoms with Crippen molar-refractivity contribution in [3.8, 4) is 11.3 Å². The van der Waals surface area contributed by atoms with Gasteiger partial charge in [0.05, 0.1) is 6.54 Å². The zero-order chi connectivity index (χ0) is 14.5. The minimum Gasteiger partial charge on any atom is -0.460 e. The summed E-state index contributed by atoms with van der Waals surface area (Å²) in [5.74, 6) is 1.67. The topological polar surface area (TPSA) is 28.4 Å². The maximum atomic E-state index is 6.00. The summed E-state index contributed by atoms with van der Waals surface area (Å²) in [6.07, 6.45) is 0. The second kappa shape index (κ2) is 7.14. The molecule has 0 saturated heterocycles. The van der Waals surface area contributed by atoms with Gasteiger partial charge in [-0.25, -0.2) is 0 Å². The largest absolute Gasteiger partial charge is 0.460 e. The molecule has 20 heavy (non-hydrogen) atoms. The van der Waals surface area contributed by atoms with Crippen molar-refractivity contribution in [2.75, 3.05) is 27.2 Å². The zero-order valence-corrected chi connectivity index (χ0v) is 13.1. The van der Waals surface area contributed by atoms with Crippen LogP contribution in [-0.2, 0) is 6.54 Å². The van der Waals surface area contributed by atoms with Crippen LogP contribution in [0.5, 0.6) is 0 Å². The minimum absolute atomic E-state index is 0.606. The van der Waals surface area contributed by atoms with Crippen LogP contribution in [0, 0.1) is 0 Å². The van der Waals surface area contributed by atoms with Crippen LogP contribution in [0.1, 0.15) is 5.76 Å². The molecule has 1 aromatic carbocycles. The highest BCUT2D eigenvalue weighted by molar-refractivity contribution is 6.35. The number of likely N-dealkylation sites (N-methyl/N-ethyl adjacent to an activating group) is 1. The van der Waals surface area contributed by atoms with Crippen molar-refractivity contribution in [2.45, 2.75) is 6.54 Å². The first-order chi connectivity index (χ1) is 9.54. The van der Waals surface area contributed by atoms with E-state index < -0.39 is 0 Å². The van der Waals surface area contributed by atoms with Crippen molar-refractivity contribution in [3.63, 3.8) is 0 Å². The Bertz CT molecular complexity index is 547. The number of nitrogens with one attached hydrogen (secondary N) is 1. The predicted octanol–water partition coefficient (Wildman–Crippen LogP) is 3.90. The standard InChI is InChI=1S/C15H18Cl2N2O/c1-19(2)6-5-18-10-14-3-4-15(20-14)11-7-12(16)9-13(17)8-11/h3-4,7-9,18H,5-6,10H2,1-2H3. The van der Waals surface area contributed by atoms with Crippen LogP contribution in [0.3, 0.4) is 0 Å². The van der Waals surface area contributed by atoms with Crippen molar-refractivity contribution in [3.05, 3.63) is 46.1 Å². The maximum Gasteiger partial charge on any atom is 0.134 e. The van der Waals surface area contributed by atoms with Crippen molar-refractivity contribution >= 4 is 23.2 Å². The van der Waals surface area contributed by atoms with E-state index in [0.29, 0.717) is 16.6 Å². The molecule has 1 aromatic heterocycles. The SMILES string of the molecule is CN(C)CCNCc1ccc(-c2cc(Cl)cc(Cl)c2)o1. The van der Waals surface area contributed by atoms with Gasteiger partial charge in [-0.15, -0.1) is 0 Å². The average Bonchev–Trinajstić information content (AvgIpc) is 2.82. The second-order valence-corrected chi connectivity index (χ2v) is 5.78. The van der Waals surface area contributed by atoms with Gasteiger partial charge in [0.1, 0.15) is 11.5 Å². The van der Waals surface area contributed by atoms with E-state index >= 15 is 0 Å². The van der Waals surface area contributed by atoms with Gasteiger partial charge in [0, 0.05) is 28.7 Å². The fourth-order valence-electron chi connectivity index (χ4n) is 1.84. The molecule has 0 amide bonds. The molecule has 0 saturated carbocycles. The monoisotopic (exact) mass is 312 g/mol. The van der Waals surface area contributed by atoms with Crippen LogP contribution in [0.15, 0.2) is 34.7 Å². The van der Waals surface area contributed by atoms with Gasteiger partial charge >= 0.3 is 0 Å². The van der Waals surface area contributed by atoms with E-state index in [0.717, 1.165) is 30.2 Å². The van der Waals surface area contributed by atoms with Crippen LogP contribution in [0.2, 0.25) is 10.0 Å². The number of halogens is 2. The average molecular weight is 313 g/mol. The van der Waals surface area contributed by atoms with Gasteiger partial charge in [0.2, 0.25) is 0 Å². The lowest BCUT2D eigenvalue weighted by Gasteiger charge is -2.09. The van der Waals surface area contributed by atoms with Crippen LogP contribution < -0.4 is 5.32 Å². The van der Waals surface area contributed by atoms with Gasteiger partial charge in [-0.1, -0.05) is 23.2 Å². The number of furan rings is 1. The summed E-state index contributed by atoms with van der Waals surface area (Å²) < 4.78 is 5.79. The molecule has 108 valence electrons. The fourth-order valence-corrected chi connectivity index (χ4v) is 2.36. The molecule has 0 atom stereocenters. The van der Waals surface area contributed by atoms with Gasteiger partial charge in [-0.2, -0.15) is 0 Å². The summed E-state index contributed by atoms with van der Waals surface area (Å²) in [4.78, 5) is 2.13. The number of benzene rings is 1. The summed E-state index contributed by atoms with van der Waals surface area (Å²) in [6, 6.07) is 9.29. The highest BCUT2D eigenvalue weighted by atomic mass is 35.5. The van der Waals surface area contributed by atoms with E-state index in [-0.39, 0.29) is 0 Å². The molecule has 0 unspecified atom stereocenters. The van der Waals surface area contributed by atoms with Crippen molar-refractivity contribution in [2.24, 2.45) is 0 Å². The molecule has 2 aromatic rings. The first-order valence-corrected chi connectivity index (χ1v) is 7.21. The Kier molecular flexibility index (Phi) is 5.49. The van der Waals surface area contributed by atoms with E-state index in [9.17, 15) is 0 Å². The Morgan fingerprint density at radius 3 is 2.45 bits per heavy atom. The molecule has 0 bridgehead atoms. The fraction of sp³-hybridized carbons (Fsp3) is 0.333. The van der Waals surface area contributed by atoms with E-state index in [1.807, 2.05) is 24.3 Å². The molecule has 5 heteroatoms. The Hall–Kier alpha value is -1.00. The summed E-state index contributed by atoms with van der Waals surface area (Å²) in [5, 5.41) is 4.55. The molecule has 0 spiro atoms. The quantitative estimate of drug-likeness (QED) is 0.820. The molecular formula is C15H18Cl2N2O. The molecule has 3 nitrogen and oxygen atoms in total. The second-order valence-electron chi connectivity index (χ2n) is 4.90. The van der Waals surface area contributed by atoms with Crippen molar-refractivity contribution in [1.82, 2.24) is 10.2 Å². The first-order valence-electron chi connectivity index (χ1n) is 6.45. The first kappa shape index (κ1) is 15.4. The molecule has 0 fully saturated rings. The summed E-state index contributed by atoms with van der Waals surface area (Å²) in [6.45, 7) is 2.63. The van der Waals surface area contributed by atoms with Crippen LogP contribution in [0.4, 0.5) is 0 Å². The molecular weight excluding hydrogens is 295 g/mol. The lowest BCUT2D eigenvalue weighted by atomic mass is 10.2. The summed E-state index contributed by atoms with van der Waals surface area (Å²) >= 11 is 12.0. The lowest BCUT2D eigenvalue weighted by molar-refractivity contribution is 0.392. The highest BCUT2D eigenvalue weighted by Crippen LogP contribution is 2.28. The third-order valence-corrected chi connectivity index (χ3v) is 3.28. The minimum atomic E-state index is 0.606. The molecule has 0 aliphatic carbocycles. The van der Waals surface area contributed by atoms with Crippen LogP contribution >= 0.6 is 23.2 Å². The molecule has 1 heterocycles. The Morgan fingerprint density at radius 1 is 1.10 bits per heavy atom. The lowest BCUT2D eigenvalue weighted by Crippen LogP contribution is -2.25. The normalized spacial score (nSPS) is 11.2. The Labute approximate surface area is 129 Å². The van der Waals surface area contributed by atoms with E-state index in [1.54, 1.807) is 6.07 Å². The Morgan fingerprint density at radius 2 is 1.80 bits per heavy atom. The van der Waals surface area contributed by atoms with Gasteiger partial charge < -0.3 is 14.6 Å². The third-order valence-electron chi connectivity index (χ3n) is 2.84. The van der Waals surface area contributed by atoms with E-state index in [4.69, 9.17) is 27.6 Å². The number of nitrogens with zero attached hydrogens (tertiary/aromatic N) is 1. The Balaban J connectivity index is 1.98. The molecule has 1 N–H and O–H groups in total. The maximum absolute atomic E-state index is 6.00. The summed E-state index contributed by atoms with van der Waals surface area (Å²) in [5.41, 5.74) is 0.891. The van der Waals surface area contributed by atoms with E-state index in [1.165, 1.54) is 0 Å². The van der Waals surface area contributed by atoms with Crippen molar-refractivity contribution < 1.29 is 4.42 Å². The van der Waals surface area contributed by atoms with Crippen LogP contribution in [-0.4, -0.2) is 32.1 Å². The zero-order valence-electron chi connectivity index (χ0n) is 11.6. The smallest absolute Gasteiger partial charge is 0.134 e. The number of hydrogen-bond donors (Lipinski definition) is 1. The van der Waals surface area contributed by atoms with Gasteiger partial charge in [-0.05, 0) is 44.4 Å². The molecule has 0 radical (unpaired) electrons. The molecule has 0 aliphatic rings. The molecule has 0 aliphatic heterocycles. The summed E-state index contributed by atoms with van der Waals surface area (Å²) in [7, 11) is 4.10. The van der Waals surface area contributed by atoms with Gasteiger partial charge in [-0.3, -0.25) is 0 Å². The molecule has 2 rings (SSSR count). The van der Waals surface area contributed by atoms with Gasteiger partial charge in [0.25, 0.3) is 0 Å². The van der Waals surface area contributed by atoms with Gasteiger partial charge in [0.15, 0.2) is 0 Å². The van der Waals surface area contributed by atoms with Crippen LogP contribution in [0.25, 0.3) is 11.3 Å². The third kappa shape index (κ3) is 4.53.